The molecule has 0 aliphatic heterocycles. The quantitative estimate of drug-likeness (QED) is 0.773. The van der Waals surface area contributed by atoms with Gasteiger partial charge in [-0.3, -0.25) is 0 Å². The van der Waals surface area contributed by atoms with Crippen LogP contribution in [-0.2, 0) is 6.54 Å². The molecule has 3 rings (SSSR count). The number of rotatable bonds is 8. The van der Waals surface area contributed by atoms with Crippen LogP contribution in [0.5, 0.6) is 0 Å². The summed E-state index contributed by atoms with van der Waals surface area (Å²) in [7, 11) is 0. The van der Waals surface area contributed by atoms with Gasteiger partial charge in [0.1, 0.15) is 5.82 Å². The first-order chi connectivity index (χ1) is 10.3. The number of nitrogens with one attached hydrogen (secondary N) is 1. The maximum absolute atomic E-state index is 14.5. The van der Waals surface area contributed by atoms with E-state index in [4.69, 9.17) is 5.11 Å². The molecule has 3 nitrogen and oxygen atoms in total. The second-order valence-corrected chi connectivity index (χ2v) is 6.26. The molecule has 0 amide bonds. The Morgan fingerprint density at radius 2 is 2.05 bits per heavy atom. The number of para-hydroxylation sites is 1. The Hall–Kier alpha value is -1.13. The summed E-state index contributed by atoms with van der Waals surface area (Å²) in [6.07, 6.45) is 6.66. The predicted molar refractivity (Wildman–Crippen MR) is 82.9 cm³/mol. The minimum atomic E-state index is -0.130. The summed E-state index contributed by atoms with van der Waals surface area (Å²) in [5.41, 5.74) is 1.80. The molecule has 0 aromatic heterocycles. The lowest BCUT2D eigenvalue weighted by Gasteiger charge is -2.40. The first kappa shape index (κ1) is 14.8. The van der Waals surface area contributed by atoms with E-state index < -0.39 is 0 Å². The van der Waals surface area contributed by atoms with Gasteiger partial charge in [-0.15, -0.1) is 0 Å². The Morgan fingerprint density at radius 1 is 1.24 bits per heavy atom. The van der Waals surface area contributed by atoms with Gasteiger partial charge in [-0.05, 0) is 50.2 Å². The van der Waals surface area contributed by atoms with E-state index in [2.05, 4.69) is 10.2 Å². The zero-order chi connectivity index (χ0) is 14.7. The van der Waals surface area contributed by atoms with Crippen LogP contribution in [0.3, 0.4) is 0 Å². The molecule has 2 fully saturated rings. The molecule has 21 heavy (non-hydrogen) atoms. The number of anilines is 1. The van der Waals surface area contributed by atoms with Crippen molar-refractivity contribution < 1.29 is 9.50 Å². The molecule has 2 N–H and O–H groups in total. The zero-order valence-corrected chi connectivity index (χ0v) is 12.5. The molecule has 0 bridgehead atoms. The van der Waals surface area contributed by atoms with E-state index in [0.717, 1.165) is 37.2 Å². The van der Waals surface area contributed by atoms with Crippen LogP contribution in [0.15, 0.2) is 18.2 Å². The van der Waals surface area contributed by atoms with E-state index in [-0.39, 0.29) is 12.4 Å². The van der Waals surface area contributed by atoms with Gasteiger partial charge in [-0.1, -0.05) is 12.1 Å². The second kappa shape index (κ2) is 6.75. The molecule has 4 heteroatoms. The smallest absolute Gasteiger partial charge is 0.146 e. The SMILES string of the molecule is OCCCN(c1c(F)cccc1CNC1CC1)C1CCC1. The van der Waals surface area contributed by atoms with Crippen LogP contribution in [0.2, 0.25) is 0 Å². The highest BCUT2D eigenvalue weighted by Gasteiger charge is 2.28. The van der Waals surface area contributed by atoms with Crippen molar-refractivity contribution in [1.82, 2.24) is 5.32 Å². The minimum Gasteiger partial charge on any atom is -0.396 e. The molecule has 0 atom stereocenters. The molecule has 1 aromatic rings. The van der Waals surface area contributed by atoms with Crippen LogP contribution in [0, 0.1) is 5.82 Å². The molecule has 1 aromatic carbocycles. The summed E-state index contributed by atoms with van der Waals surface area (Å²) in [6, 6.07) is 6.44. The Balaban J connectivity index is 1.80. The van der Waals surface area contributed by atoms with Crippen LogP contribution < -0.4 is 10.2 Å². The fourth-order valence-corrected chi connectivity index (χ4v) is 2.98. The lowest BCUT2D eigenvalue weighted by Crippen LogP contribution is -2.42. The number of nitrogens with zero attached hydrogens (tertiary/aromatic N) is 1. The second-order valence-electron chi connectivity index (χ2n) is 6.26. The normalized spacial score (nSPS) is 18.6. The van der Waals surface area contributed by atoms with E-state index in [1.54, 1.807) is 12.1 Å². The molecule has 0 radical (unpaired) electrons. The molecular weight excluding hydrogens is 267 g/mol. The van der Waals surface area contributed by atoms with Gasteiger partial charge in [-0.2, -0.15) is 0 Å². The molecule has 0 unspecified atom stereocenters. The number of aliphatic hydroxyl groups excluding tert-OH is 1. The standard InChI is InChI=1S/C17H25FN2O/c18-16-7-1-4-13(12-19-14-8-9-14)17(16)20(10-3-11-21)15-5-2-6-15/h1,4,7,14-15,19,21H,2-3,5-6,8-12H2. The van der Waals surface area contributed by atoms with Crippen molar-refractivity contribution in [3.05, 3.63) is 29.6 Å². The molecule has 2 aliphatic carbocycles. The van der Waals surface area contributed by atoms with Crippen molar-refractivity contribution in [3.8, 4) is 0 Å². The van der Waals surface area contributed by atoms with Gasteiger partial charge in [-0.25, -0.2) is 4.39 Å². The van der Waals surface area contributed by atoms with Crippen LogP contribution in [-0.4, -0.2) is 30.3 Å². The van der Waals surface area contributed by atoms with Crippen molar-refractivity contribution in [2.45, 2.75) is 57.2 Å². The lowest BCUT2D eigenvalue weighted by atomic mass is 9.90. The molecular formula is C17H25FN2O. The van der Waals surface area contributed by atoms with Crippen molar-refractivity contribution in [2.24, 2.45) is 0 Å². The summed E-state index contributed by atoms with van der Waals surface area (Å²) >= 11 is 0. The van der Waals surface area contributed by atoms with Gasteiger partial charge in [0, 0.05) is 31.8 Å². The van der Waals surface area contributed by atoms with Crippen molar-refractivity contribution in [1.29, 1.82) is 0 Å². The van der Waals surface area contributed by atoms with E-state index in [9.17, 15) is 4.39 Å². The van der Waals surface area contributed by atoms with Gasteiger partial charge in [0.05, 0.1) is 5.69 Å². The van der Waals surface area contributed by atoms with Gasteiger partial charge in [0.15, 0.2) is 0 Å². The van der Waals surface area contributed by atoms with Crippen molar-refractivity contribution >= 4 is 5.69 Å². The molecule has 116 valence electrons. The molecule has 2 saturated carbocycles. The summed E-state index contributed by atoms with van der Waals surface area (Å²) < 4.78 is 14.5. The molecule has 2 aliphatic rings. The van der Waals surface area contributed by atoms with Crippen molar-refractivity contribution in [3.63, 3.8) is 0 Å². The van der Waals surface area contributed by atoms with Crippen LogP contribution in [0.1, 0.15) is 44.1 Å². The highest BCUT2D eigenvalue weighted by atomic mass is 19.1. The fourth-order valence-electron chi connectivity index (χ4n) is 2.98. The molecule has 0 saturated heterocycles. The number of benzene rings is 1. The number of hydrogen-bond donors (Lipinski definition) is 2. The lowest BCUT2D eigenvalue weighted by molar-refractivity contribution is 0.282. The maximum atomic E-state index is 14.5. The minimum absolute atomic E-state index is 0.130. The summed E-state index contributed by atoms with van der Waals surface area (Å²) in [5, 5.41) is 12.6. The monoisotopic (exact) mass is 292 g/mol. The first-order valence-electron chi connectivity index (χ1n) is 8.18. The third kappa shape index (κ3) is 3.55. The van der Waals surface area contributed by atoms with Crippen LogP contribution in [0.25, 0.3) is 0 Å². The Bertz CT molecular complexity index is 472. The predicted octanol–water partition coefficient (Wildman–Crippen LogP) is 2.82. The van der Waals surface area contributed by atoms with E-state index in [0.29, 0.717) is 18.5 Å². The van der Waals surface area contributed by atoms with Gasteiger partial charge >= 0.3 is 0 Å². The summed E-state index contributed by atoms with van der Waals surface area (Å²) in [6.45, 7) is 1.63. The Morgan fingerprint density at radius 3 is 2.67 bits per heavy atom. The highest BCUT2D eigenvalue weighted by molar-refractivity contribution is 5.56. The number of hydrogen-bond acceptors (Lipinski definition) is 3. The molecule has 0 spiro atoms. The van der Waals surface area contributed by atoms with Crippen molar-refractivity contribution in [2.75, 3.05) is 18.1 Å². The van der Waals surface area contributed by atoms with Gasteiger partial charge in [0.2, 0.25) is 0 Å². The summed E-state index contributed by atoms with van der Waals surface area (Å²) in [4.78, 5) is 2.19. The van der Waals surface area contributed by atoms with Crippen LogP contribution in [0.4, 0.5) is 10.1 Å². The topological polar surface area (TPSA) is 35.5 Å². The van der Waals surface area contributed by atoms with E-state index in [1.807, 2.05) is 6.07 Å². The summed E-state index contributed by atoms with van der Waals surface area (Å²) in [5.74, 6) is -0.130. The third-order valence-corrected chi connectivity index (χ3v) is 4.59. The average molecular weight is 292 g/mol. The fraction of sp³-hybridized carbons (Fsp3) is 0.647. The number of aliphatic hydroxyl groups is 1. The largest absolute Gasteiger partial charge is 0.396 e. The average Bonchev–Trinajstić information content (AvgIpc) is 3.23. The zero-order valence-electron chi connectivity index (χ0n) is 12.5. The van der Waals surface area contributed by atoms with E-state index in [1.165, 1.54) is 19.3 Å². The maximum Gasteiger partial charge on any atom is 0.146 e. The third-order valence-electron chi connectivity index (χ3n) is 4.59. The van der Waals surface area contributed by atoms with E-state index >= 15 is 0 Å². The highest BCUT2D eigenvalue weighted by Crippen LogP contribution is 2.34. The molecule has 0 heterocycles. The first-order valence-corrected chi connectivity index (χ1v) is 8.18. The van der Waals surface area contributed by atoms with Gasteiger partial charge in [0.25, 0.3) is 0 Å². The Kier molecular flexibility index (Phi) is 4.76. The Labute approximate surface area is 126 Å². The van der Waals surface area contributed by atoms with Crippen LogP contribution >= 0.6 is 0 Å². The number of halogens is 1. The van der Waals surface area contributed by atoms with Gasteiger partial charge < -0.3 is 15.3 Å².